The molecule has 0 aromatic heterocycles. The highest BCUT2D eigenvalue weighted by atomic mass is 15.4. The molecule has 19 heavy (non-hydrogen) atoms. The van der Waals surface area contributed by atoms with E-state index in [-0.39, 0.29) is 6.04 Å². The van der Waals surface area contributed by atoms with E-state index in [1.165, 1.54) is 42.9 Å². The van der Waals surface area contributed by atoms with Crippen LogP contribution in [0.1, 0.15) is 22.7 Å². The number of nitrogens with one attached hydrogen (secondary N) is 1. The number of hydrogen-bond acceptors (Lipinski definition) is 4. The molecule has 3 aliphatic heterocycles. The molecule has 4 rings (SSSR count). The minimum absolute atomic E-state index is 0.225. The first-order valence-corrected chi connectivity index (χ1v) is 7.19. The van der Waals surface area contributed by atoms with Crippen molar-refractivity contribution in [2.24, 2.45) is 5.84 Å². The highest BCUT2D eigenvalue weighted by molar-refractivity contribution is 5.36. The first kappa shape index (κ1) is 13.1. The van der Waals surface area contributed by atoms with Crippen molar-refractivity contribution in [3.63, 3.8) is 0 Å². The van der Waals surface area contributed by atoms with E-state index in [9.17, 15) is 0 Å². The molecule has 104 valence electrons. The molecule has 3 N–H and O–H groups in total. The summed E-state index contributed by atoms with van der Waals surface area (Å²) in [5.41, 5.74) is 7.13. The van der Waals surface area contributed by atoms with Gasteiger partial charge in [0.05, 0.1) is 6.04 Å². The molecule has 0 spiro atoms. The first-order chi connectivity index (χ1) is 9.20. The molecular weight excluding hydrogens is 236 g/mol. The maximum atomic E-state index is 5.89. The predicted molar refractivity (Wildman–Crippen MR) is 77.8 cm³/mol. The Morgan fingerprint density at radius 3 is 2.53 bits per heavy atom. The third-order valence-electron chi connectivity index (χ3n) is 4.87. The summed E-state index contributed by atoms with van der Waals surface area (Å²) in [5.74, 6) is 5.89. The van der Waals surface area contributed by atoms with Gasteiger partial charge >= 0.3 is 0 Å². The minimum Gasteiger partial charge on any atom is -0.299 e. The van der Waals surface area contributed by atoms with Crippen molar-refractivity contribution < 1.29 is 0 Å². The molecule has 4 heteroatoms. The second-order valence-corrected chi connectivity index (χ2v) is 5.84. The largest absolute Gasteiger partial charge is 0.299 e. The van der Waals surface area contributed by atoms with Gasteiger partial charge in [0.2, 0.25) is 0 Å². The molecule has 0 aliphatic carbocycles. The van der Waals surface area contributed by atoms with Gasteiger partial charge in [0, 0.05) is 38.8 Å². The van der Waals surface area contributed by atoms with E-state index in [1.807, 2.05) is 0 Å². The van der Waals surface area contributed by atoms with E-state index >= 15 is 0 Å². The third kappa shape index (κ3) is 2.30. The number of piperazine rings is 3. The maximum absolute atomic E-state index is 5.89. The normalized spacial score (nSPS) is 31.4. The van der Waals surface area contributed by atoms with Crippen LogP contribution in [0.5, 0.6) is 0 Å². The minimum atomic E-state index is 0.225. The predicted octanol–water partition coefficient (Wildman–Crippen LogP) is 0.808. The Balaban J connectivity index is 1.90. The van der Waals surface area contributed by atoms with Gasteiger partial charge in [-0.1, -0.05) is 18.2 Å². The molecule has 2 unspecified atom stereocenters. The Hall–Kier alpha value is -0.940. The summed E-state index contributed by atoms with van der Waals surface area (Å²) in [5, 5.41) is 0. The van der Waals surface area contributed by atoms with E-state index < -0.39 is 0 Å². The Morgan fingerprint density at radius 2 is 1.95 bits per heavy atom. The molecule has 0 radical (unpaired) electrons. The average molecular weight is 260 g/mol. The number of rotatable bonds is 3. The number of aryl methyl sites for hydroxylation is 1. The van der Waals surface area contributed by atoms with E-state index in [1.54, 1.807) is 0 Å². The highest BCUT2D eigenvalue weighted by Gasteiger charge is 2.37. The van der Waals surface area contributed by atoms with Crippen molar-refractivity contribution in [3.05, 3.63) is 34.9 Å². The molecular formula is C15H24N4. The van der Waals surface area contributed by atoms with Crippen LogP contribution in [0, 0.1) is 13.8 Å². The van der Waals surface area contributed by atoms with Crippen molar-refractivity contribution >= 4 is 0 Å². The quantitative estimate of drug-likeness (QED) is 0.623. The van der Waals surface area contributed by atoms with Gasteiger partial charge in [-0.3, -0.25) is 21.1 Å². The summed E-state index contributed by atoms with van der Waals surface area (Å²) in [7, 11) is 0. The lowest BCUT2D eigenvalue weighted by atomic mass is 9.90. The molecule has 1 aromatic rings. The average Bonchev–Trinajstić information content (AvgIpc) is 2.46. The highest BCUT2D eigenvalue weighted by Crippen LogP contribution is 2.29. The Morgan fingerprint density at radius 1 is 1.21 bits per heavy atom. The van der Waals surface area contributed by atoms with Crippen LogP contribution in [0.15, 0.2) is 18.2 Å². The van der Waals surface area contributed by atoms with Gasteiger partial charge in [-0.25, -0.2) is 0 Å². The smallest absolute Gasteiger partial charge is 0.0630 e. The van der Waals surface area contributed by atoms with Crippen LogP contribution in [0.3, 0.4) is 0 Å². The first-order valence-electron chi connectivity index (χ1n) is 7.19. The molecule has 3 fully saturated rings. The van der Waals surface area contributed by atoms with Gasteiger partial charge in [0.15, 0.2) is 0 Å². The van der Waals surface area contributed by atoms with Crippen LogP contribution in [-0.4, -0.2) is 48.6 Å². The van der Waals surface area contributed by atoms with Crippen LogP contribution in [0.2, 0.25) is 0 Å². The summed E-state index contributed by atoms with van der Waals surface area (Å²) >= 11 is 0. The van der Waals surface area contributed by atoms with Crippen LogP contribution in [0.25, 0.3) is 0 Å². The monoisotopic (exact) mass is 260 g/mol. The Labute approximate surface area is 115 Å². The number of hydrazine groups is 1. The van der Waals surface area contributed by atoms with Crippen molar-refractivity contribution in [3.8, 4) is 0 Å². The van der Waals surface area contributed by atoms with E-state index in [0.717, 1.165) is 6.54 Å². The van der Waals surface area contributed by atoms with E-state index in [0.29, 0.717) is 6.04 Å². The lowest BCUT2D eigenvalue weighted by Crippen LogP contribution is -2.64. The molecule has 3 saturated heterocycles. The fourth-order valence-corrected chi connectivity index (χ4v) is 3.49. The van der Waals surface area contributed by atoms with Crippen LogP contribution < -0.4 is 11.3 Å². The molecule has 3 heterocycles. The molecule has 4 nitrogen and oxygen atoms in total. The summed E-state index contributed by atoms with van der Waals surface area (Å²) in [6.45, 7) is 10.3. The number of benzene rings is 1. The SMILES string of the molecule is Cc1cccc(C(NN)C2CN3CCN2CC3)c1C. The summed E-state index contributed by atoms with van der Waals surface area (Å²) in [6.07, 6.45) is 0. The van der Waals surface area contributed by atoms with Gasteiger partial charge in [-0.2, -0.15) is 0 Å². The van der Waals surface area contributed by atoms with Gasteiger partial charge < -0.3 is 0 Å². The second-order valence-electron chi connectivity index (χ2n) is 5.84. The van der Waals surface area contributed by atoms with Gasteiger partial charge in [0.25, 0.3) is 0 Å². The Kier molecular flexibility index (Phi) is 3.58. The lowest BCUT2D eigenvalue weighted by molar-refractivity contribution is -0.00379. The van der Waals surface area contributed by atoms with E-state index in [2.05, 4.69) is 47.3 Å². The van der Waals surface area contributed by atoms with Crippen molar-refractivity contribution in [1.29, 1.82) is 0 Å². The zero-order valence-corrected chi connectivity index (χ0v) is 11.9. The number of hydrogen-bond donors (Lipinski definition) is 2. The number of fused-ring (bicyclic) bond motifs is 3. The van der Waals surface area contributed by atoms with E-state index in [4.69, 9.17) is 5.84 Å². The number of nitrogens with zero attached hydrogens (tertiary/aromatic N) is 2. The summed E-state index contributed by atoms with van der Waals surface area (Å²) in [4.78, 5) is 5.15. The fourth-order valence-electron chi connectivity index (χ4n) is 3.49. The molecule has 2 atom stereocenters. The van der Waals surface area contributed by atoms with Gasteiger partial charge in [0.1, 0.15) is 0 Å². The standard InChI is InChI=1S/C15H24N4/c1-11-4-3-5-13(12(11)2)15(17-16)14-10-18-6-8-19(14)9-7-18/h3-5,14-15,17H,6-10,16H2,1-2H3. The topological polar surface area (TPSA) is 44.5 Å². The zero-order chi connectivity index (χ0) is 13.4. The summed E-state index contributed by atoms with van der Waals surface area (Å²) < 4.78 is 0. The second kappa shape index (κ2) is 5.21. The lowest BCUT2D eigenvalue weighted by Gasteiger charge is -2.50. The molecule has 0 amide bonds. The van der Waals surface area contributed by atoms with Crippen LogP contribution in [-0.2, 0) is 0 Å². The maximum Gasteiger partial charge on any atom is 0.0630 e. The van der Waals surface area contributed by atoms with Gasteiger partial charge in [-0.15, -0.1) is 0 Å². The summed E-state index contributed by atoms with van der Waals surface area (Å²) in [6, 6.07) is 7.24. The molecule has 3 aliphatic rings. The van der Waals surface area contributed by atoms with Crippen LogP contribution in [0.4, 0.5) is 0 Å². The third-order valence-corrected chi connectivity index (χ3v) is 4.87. The molecule has 0 saturated carbocycles. The molecule has 2 bridgehead atoms. The Bertz CT molecular complexity index is 451. The molecule has 1 aromatic carbocycles. The van der Waals surface area contributed by atoms with Crippen molar-refractivity contribution in [2.75, 3.05) is 32.7 Å². The van der Waals surface area contributed by atoms with Crippen LogP contribution >= 0.6 is 0 Å². The fraction of sp³-hybridized carbons (Fsp3) is 0.600. The van der Waals surface area contributed by atoms with Crippen molar-refractivity contribution in [2.45, 2.75) is 25.9 Å². The van der Waals surface area contributed by atoms with Crippen molar-refractivity contribution in [1.82, 2.24) is 15.2 Å². The van der Waals surface area contributed by atoms with Gasteiger partial charge in [-0.05, 0) is 30.5 Å². The number of nitrogens with two attached hydrogens (primary N) is 1. The zero-order valence-electron chi connectivity index (χ0n) is 11.9.